The van der Waals surface area contributed by atoms with Gasteiger partial charge < -0.3 is 9.47 Å². The normalized spacial score (nSPS) is 17.2. The van der Waals surface area contributed by atoms with Crippen molar-refractivity contribution in [2.24, 2.45) is 0 Å². The Morgan fingerprint density at radius 2 is 2.04 bits per heavy atom. The smallest absolute Gasteiger partial charge is 0.131 e. The van der Waals surface area contributed by atoms with Crippen LogP contribution in [0.5, 0.6) is 11.5 Å². The van der Waals surface area contributed by atoms with E-state index in [1.165, 1.54) is 29.7 Å². The zero-order chi connectivity index (χ0) is 17.4. The highest BCUT2D eigenvalue weighted by Gasteiger charge is 2.28. The molecule has 0 amide bonds. The van der Waals surface area contributed by atoms with Crippen molar-refractivity contribution in [1.82, 2.24) is 14.9 Å². The number of aromatic nitrogens is 2. The molecule has 0 atom stereocenters. The minimum atomic E-state index is 0.620. The Kier molecular flexibility index (Phi) is 4.34. The monoisotopic (exact) mass is 339 g/mol. The molecule has 0 N–H and O–H groups in total. The van der Waals surface area contributed by atoms with Crippen molar-refractivity contribution in [2.45, 2.75) is 45.2 Å². The van der Waals surface area contributed by atoms with Gasteiger partial charge in [-0.3, -0.25) is 4.90 Å². The molecule has 2 aliphatic rings. The Balaban J connectivity index is 1.52. The van der Waals surface area contributed by atoms with Crippen LogP contribution in [0, 0.1) is 6.92 Å². The molecule has 2 aromatic rings. The number of nitrogens with zero attached hydrogens (tertiary/aromatic N) is 3. The SMILES string of the molecule is COc1ccc(CN2CCc3nc(C4CC4)ncc3C2)c(OC)c1C. The number of fused-ring (bicyclic) bond motifs is 1. The number of benzene rings is 1. The van der Waals surface area contributed by atoms with Gasteiger partial charge in [0.05, 0.1) is 14.2 Å². The van der Waals surface area contributed by atoms with Gasteiger partial charge in [-0.1, -0.05) is 6.07 Å². The van der Waals surface area contributed by atoms with Crippen molar-refractivity contribution in [3.63, 3.8) is 0 Å². The molecule has 1 aromatic carbocycles. The molecule has 1 aliphatic heterocycles. The second-order valence-corrected chi connectivity index (χ2v) is 7.02. The Morgan fingerprint density at radius 1 is 1.20 bits per heavy atom. The van der Waals surface area contributed by atoms with Crippen LogP contribution in [-0.4, -0.2) is 35.6 Å². The van der Waals surface area contributed by atoms with E-state index in [-0.39, 0.29) is 0 Å². The molecule has 0 radical (unpaired) electrons. The van der Waals surface area contributed by atoms with Crippen molar-refractivity contribution in [3.05, 3.63) is 46.5 Å². The van der Waals surface area contributed by atoms with Crippen LogP contribution in [0.4, 0.5) is 0 Å². The molecule has 1 saturated carbocycles. The van der Waals surface area contributed by atoms with E-state index >= 15 is 0 Å². The fraction of sp³-hybridized carbons (Fsp3) is 0.500. The predicted octanol–water partition coefficient (Wildman–Crippen LogP) is 3.24. The first kappa shape index (κ1) is 16.3. The Morgan fingerprint density at radius 3 is 2.76 bits per heavy atom. The first-order valence-electron chi connectivity index (χ1n) is 8.97. The summed E-state index contributed by atoms with van der Waals surface area (Å²) in [7, 11) is 3.42. The molecule has 5 heteroatoms. The molecule has 2 heterocycles. The van der Waals surface area contributed by atoms with Crippen LogP contribution in [0.3, 0.4) is 0 Å². The van der Waals surface area contributed by atoms with E-state index in [9.17, 15) is 0 Å². The predicted molar refractivity (Wildman–Crippen MR) is 96.1 cm³/mol. The van der Waals surface area contributed by atoms with Gasteiger partial charge in [0.25, 0.3) is 0 Å². The summed E-state index contributed by atoms with van der Waals surface area (Å²) in [5, 5.41) is 0. The van der Waals surface area contributed by atoms with Crippen LogP contribution in [0.1, 0.15) is 47.0 Å². The van der Waals surface area contributed by atoms with Crippen molar-refractivity contribution < 1.29 is 9.47 Å². The second-order valence-electron chi connectivity index (χ2n) is 7.02. The zero-order valence-electron chi connectivity index (χ0n) is 15.2. The van der Waals surface area contributed by atoms with E-state index in [4.69, 9.17) is 14.5 Å². The Labute approximate surface area is 149 Å². The van der Waals surface area contributed by atoms with Crippen molar-refractivity contribution >= 4 is 0 Å². The lowest BCUT2D eigenvalue weighted by atomic mass is 10.0. The summed E-state index contributed by atoms with van der Waals surface area (Å²) in [4.78, 5) is 11.8. The third kappa shape index (κ3) is 3.21. The molecule has 132 valence electrons. The summed E-state index contributed by atoms with van der Waals surface area (Å²) >= 11 is 0. The van der Waals surface area contributed by atoms with Gasteiger partial charge in [-0.15, -0.1) is 0 Å². The molecule has 1 aliphatic carbocycles. The lowest BCUT2D eigenvalue weighted by Gasteiger charge is -2.29. The first-order valence-corrected chi connectivity index (χ1v) is 8.97. The summed E-state index contributed by atoms with van der Waals surface area (Å²) in [6.07, 6.45) is 5.54. The minimum absolute atomic E-state index is 0.620. The number of methoxy groups -OCH3 is 2. The van der Waals surface area contributed by atoms with Crippen molar-refractivity contribution in [3.8, 4) is 11.5 Å². The standard InChI is InChI=1S/C20H25N3O2/c1-13-18(24-2)7-6-15(19(13)25-3)11-23-9-8-17-16(12-23)10-21-20(22-17)14-4-5-14/h6-7,10,14H,4-5,8-9,11-12H2,1-3H3. The second kappa shape index (κ2) is 6.64. The fourth-order valence-electron chi connectivity index (χ4n) is 3.66. The molecule has 25 heavy (non-hydrogen) atoms. The average molecular weight is 339 g/mol. The summed E-state index contributed by atoms with van der Waals surface area (Å²) in [5.41, 5.74) is 4.75. The van der Waals surface area contributed by atoms with E-state index in [0.29, 0.717) is 5.92 Å². The van der Waals surface area contributed by atoms with Gasteiger partial charge in [0.2, 0.25) is 0 Å². The van der Waals surface area contributed by atoms with Crippen LogP contribution < -0.4 is 9.47 Å². The lowest BCUT2D eigenvalue weighted by molar-refractivity contribution is 0.238. The maximum atomic E-state index is 5.65. The third-order valence-electron chi connectivity index (χ3n) is 5.23. The largest absolute Gasteiger partial charge is 0.496 e. The van der Waals surface area contributed by atoms with Gasteiger partial charge in [0.1, 0.15) is 17.3 Å². The molecule has 0 bridgehead atoms. The molecular formula is C20H25N3O2. The van der Waals surface area contributed by atoms with Gasteiger partial charge in [0.15, 0.2) is 0 Å². The number of rotatable bonds is 5. The van der Waals surface area contributed by atoms with E-state index in [1.54, 1.807) is 14.2 Å². The van der Waals surface area contributed by atoms with Crippen LogP contribution in [-0.2, 0) is 19.5 Å². The highest BCUT2D eigenvalue weighted by molar-refractivity contribution is 5.49. The van der Waals surface area contributed by atoms with Gasteiger partial charge in [-0.2, -0.15) is 0 Å². The molecular weight excluding hydrogens is 314 g/mol. The van der Waals surface area contributed by atoms with E-state index in [0.717, 1.165) is 48.9 Å². The maximum Gasteiger partial charge on any atom is 0.131 e. The first-order chi connectivity index (χ1) is 12.2. The van der Waals surface area contributed by atoms with Gasteiger partial charge in [-0.05, 0) is 25.8 Å². The van der Waals surface area contributed by atoms with Gasteiger partial charge in [-0.25, -0.2) is 9.97 Å². The van der Waals surface area contributed by atoms with Crippen molar-refractivity contribution in [1.29, 1.82) is 0 Å². The van der Waals surface area contributed by atoms with Gasteiger partial charge in [0, 0.05) is 60.6 Å². The third-order valence-corrected chi connectivity index (χ3v) is 5.23. The van der Waals surface area contributed by atoms with E-state index < -0.39 is 0 Å². The van der Waals surface area contributed by atoms with Crippen LogP contribution >= 0.6 is 0 Å². The maximum absolute atomic E-state index is 5.65. The average Bonchev–Trinajstić information content (AvgIpc) is 3.47. The van der Waals surface area contributed by atoms with Crippen LogP contribution in [0.2, 0.25) is 0 Å². The Hall–Kier alpha value is -2.14. The van der Waals surface area contributed by atoms with Crippen LogP contribution in [0.25, 0.3) is 0 Å². The Bertz CT molecular complexity index is 787. The molecule has 1 aromatic heterocycles. The number of ether oxygens (including phenoxy) is 2. The summed E-state index contributed by atoms with van der Waals surface area (Å²) in [6, 6.07) is 4.13. The summed E-state index contributed by atoms with van der Waals surface area (Å²) in [6.45, 7) is 4.81. The summed E-state index contributed by atoms with van der Waals surface area (Å²) < 4.78 is 11.1. The van der Waals surface area contributed by atoms with E-state index in [1.807, 2.05) is 19.2 Å². The van der Waals surface area contributed by atoms with E-state index in [2.05, 4.69) is 16.0 Å². The van der Waals surface area contributed by atoms with Gasteiger partial charge >= 0.3 is 0 Å². The zero-order valence-corrected chi connectivity index (χ0v) is 15.2. The van der Waals surface area contributed by atoms with Crippen molar-refractivity contribution in [2.75, 3.05) is 20.8 Å². The molecule has 0 saturated heterocycles. The fourth-order valence-corrected chi connectivity index (χ4v) is 3.66. The highest BCUT2D eigenvalue weighted by Crippen LogP contribution is 2.38. The molecule has 5 nitrogen and oxygen atoms in total. The topological polar surface area (TPSA) is 47.5 Å². The highest BCUT2D eigenvalue weighted by atomic mass is 16.5. The molecule has 0 unspecified atom stereocenters. The molecule has 4 rings (SSSR count). The number of hydrogen-bond acceptors (Lipinski definition) is 5. The lowest BCUT2D eigenvalue weighted by Crippen LogP contribution is -2.31. The molecule has 1 fully saturated rings. The molecule has 0 spiro atoms. The minimum Gasteiger partial charge on any atom is -0.496 e. The quantitative estimate of drug-likeness (QED) is 0.837. The van der Waals surface area contributed by atoms with Crippen LogP contribution in [0.15, 0.2) is 18.3 Å². The number of hydrogen-bond donors (Lipinski definition) is 0. The summed E-state index contributed by atoms with van der Waals surface area (Å²) in [5.74, 6) is 3.46.